The fourth-order valence-electron chi connectivity index (χ4n) is 2.30. The van der Waals surface area contributed by atoms with Crippen molar-refractivity contribution in [2.75, 3.05) is 5.73 Å². The van der Waals surface area contributed by atoms with Gasteiger partial charge >= 0.3 is 0 Å². The Labute approximate surface area is 117 Å². The van der Waals surface area contributed by atoms with Crippen LogP contribution in [0.2, 0.25) is 0 Å². The largest absolute Gasteiger partial charge is 0.369 e. The molecule has 3 rings (SSSR count). The minimum absolute atomic E-state index is 0.429. The van der Waals surface area contributed by atoms with Crippen molar-refractivity contribution in [3.63, 3.8) is 0 Å². The molecule has 0 atom stereocenters. The Morgan fingerprint density at radius 2 is 1.90 bits per heavy atom. The molecule has 4 heteroatoms. The topological polar surface area (TPSA) is 67.6 Å². The molecule has 20 heavy (non-hydrogen) atoms. The summed E-state index contributed by atoms with van der Waals surface area (Å²) in [4.78, 5) is 4.35. The van der Waals surface area contributed by atoms with Crippen LogP contribution in [0.4, 0.5) is 5.95 Å². The number of nitriles is 1. The van der Waals surface area contributed by atoms with E-state index in [1.54, 1.807) is 6.07 Å². The molecule has 4 nitrogen and oxygen atoms in total. The van der Waals surface area contributed by atoms with Crippen molar-refractivity contribution in [2.45, 2.75) is 13.8 Å². The Hall–Kier alpha value is -2.80. The molecule has 0 fully saturated rings. The lowest BCUT2D eigenvalue weighted by molar-refractivity contribution is 1.10. The number of nitrogens with zero attached hydrogens (tertiary/aromatic N) is 3. The van der Waals surface area contributed by atoms with E-state index in [2.05, 4.69) is 37.0 Å². The number of imidazole rings is 1. The van der Waals surface area contributed by atoms with E-state index >= 15 is 0 Å². The van der Waals surface area contributed by atoms with Crippen LogP contribution in [0.15, 0.2) is 36.4 Å². The first-order chi connectivity index (χ1) is 9.60. The van der Waals surface area contributed by atoms with Crippen LogP contribution in [-0.2, 0) is 0 Å². The third kappa shape index (κ3) is 1.81. The zero-order valence-corrected chi connectivity index (χ0v) is 11.4. The monoisotopic (exact) mass is 262 g/mol. The summed E-state index contributed by atoms with van der Waals surface area (Å²) in [6.45, 7) is 4.14. The van der Waals surface area contributed by atoms with Gasteiger partial charge in [-0.05, 0) is 55.3 Å². The van der Waals surface area contributed by atoms with Gasteiger partial charge in [-0.15, -0.1) is 0 Å². The van der Waals surface area contributed by atoms with Crippen molar-refractivity contribution in [3.8, 4) is 11.8 Å². The van der Waals surface area contributed by atoms with Gasteiger partial charge in [0.2, 0.25) is 5.95 Å². The summed E-state index contributed by atoms with van der Waals surface area (Å²) in [5.41, 5.74) is 11.7. The lowest BCUT2D eigenvalue weighted by Gasteiger charge is -2.09. The van der Waals surface area contributed by atoms with E-state index in [0.29, 0.717) is 11.5 Å². The van der Waals surface area contributed by atoms with Crippen molar-refractivity contribution < 1.29 is 0 Å². The van der Waals surface area contributed by atoms with Crippen LogP contribution in [0.5, 0.6) is 0 Å². The second kappa shape index (κ2) is 4.39. The summed E-state index contributed by atoms with van der Waals surface area (Å²) in [5, 5.41) is 9.03. The number of hydrogen-bond acceptors (Lipinski definition) is 3. The highest BCUT2D eigenvalue weighted by molar-refractivity contribution is 5.82. The van der Waals surface area contributed by atoms with Gasteiger partial charge in [0, 0.05) is 5.69 Å². The highest BCUT2D eigenvalue weighted by Gasteiger charge is 2.11. The molecule has 1 heterocycles. The van der Waals surface area contributed by atoms with E-state index in [1.165, 1.54) is 11.1 Å². The van der Waals surface area contributed by atoms with E-state index in [9.17, 15) is 0 Å². The molecule has 0 radical (unpaired) electrons. The lowest BCUT2D eigenvalue weighted by Crippen LogP contribution is -2.01. The molecule has 2 N–H and O–H groups in total. The van der Waals surface area contributed by atoms with Crippen LogP contribution in [0, 0.1) is 25.2 Å². The summed E-state index contributed by atoms with van der Waals surface area (Å²) in [6.07, 6.45) is 0. The van der Waals surface area contributed by atoms with Gasteiger partial charge in [0.05, 0.1) is 22.7 Å². The van der Waals surface area contributed by atoms with Crippen molar-refractivity contribution in [2.24, 2.45) is 0 Å². The predicted molar refractivity (Wildman–Crippen MR) is 79.7 cm³/mol. The number of rotatable bonds is 1. The van der Waals surface area contributed by atoms with Crippen LogP contribution in [0.25, 0.3) is 16.7 Å². The number of benzene rings is 2. The SMILES string of the molecule is Cc1ccc(-n2c(N)nc3ccc(C#N)cc32)cc1C. The zero-order chi connectivity index (χ0) is 14.3. The van der Waals surface area contributed by atoms with E-state index in [4.69, 9.17) is 11.0 Å². The molecule has 0 aliphatic rings. The minimum atomic E-state index is 0.429. The average molecular weight is 262 g/mol. The Bertz CT molecular complexity index is 853. The molecular formula is C16H14N4. The first kappa shape index (κ1) is 12.2. The fraction of sp³-hybridized carbons (Fsp3) is 0.125. The summed E-state index contributed by atoms with van der Waals surface area (Å²) in [5.74, 6) is 0.429. The van der Waals surface area contributed by atoms with Crippen molar-refractivity contribution in [1.29, 1.82) is 5.26 Å². The summed E-state index contributed by atoms with van der Waals surface area (Å²) >= 11 is 0. The van der Waals surface area contributed by atoms with Gasteiger partial charge in [-0.3, -0.25) is 4.57 Å². The highest BCUT2D eigenvalue weighted by atomic mass is 15.2. The molecule has 0 aliphatic heterocycles. The summed E-state index contributed by atoms with van der Waals surface area (Å²) in [7, 11) is 0. The molecule has 0 amide bonds. The maximum absolute atomic E-state index is 9.03. The highest BCUT2D eigenvalue weighted by Crippen LogP contribution is 2.25. The third-order valence-electron chi connectivity index (χ3n) is 3.56. The molecular weight excluding hydrogens is 248 g/mol. The Balaban J connectivity index is 2.32. The number of anilines is 1. The van der Waals surface area contributed by atoms with E-state index in [-0.39, 0.29) is 0 Å². The molecule has 0 bridgehead atoms. The number of aromatic nitrogens is 2. The quantitative estimate of drug-likeness (QED) is 0.732. The molecule has 0 spiro atoms. The standard InChI is InChI=1S/C16H14N4/c1-10-3-5-13(7-11(10)2)20-15-8-12(9-17)4-6-14(15)19-16(20)18/h3-8H,1-2H3,(H2,18,19). The number of nitrogen functional groups attached to an aromatic ring is 1. The van der Waals surface area contributed by atoms with Crippen LogP contribution in [0.3, 0.4) is 0 Å². The van der Waals surface area contributed by atoms with Crippen LogP contribution in [-0.4, -0.2) is 9.55 Å². The number of aryl methyl sites for hydroxylation is 2. The van der Waals surface area contributed by atoms with E-state index in [1.807, 2.05) is 22.8 Å². The first-order valence-corrected chi connectivity index (χ1v) is 6.36. The van der Waals surface area contributed by atoms with Crippen LogP contribution in [0.1, 0.15) is 16.7 Å². The molecule has 0 saturated carbocycles. The normalized spacial score (nSPS) is 10.7. The molecule has 0 unspecified atom stereocenters. The molecule has 3 aromatic rings. The van der Waals surface area contributed by atoms with Crippen molar-refractivity contribution >= 4 is 17.0 Å². The van der Waals surface area contributed by atoms with Gasteiger partial charge in [0.1, 0.15) is 0 Å². The lowest BCUT2D eigenvalue weighted by atomic mass is 10.1. The van der Waals surface area contributed by atoms with Crippen LogP contribution < -0.4 is 5.73 Å². The fourth-order valence-corrected chi connectivity index (χ4v) is 2.30. The third-order valence-corrected chi connectivity index (χ3v) is 3.56. The van der Waals surface area contributed by atoms with Gasteiger partial charge in [-0.2, -0.15) is 5.26 Å². The molecule has 1 aromatic heterocycles. The van der Waals surface area contributed by atoms with Gasteiger partial charge in [0.25, 0.3) is 0 Å². The summed E-state index contributed by atoms with van der Waals surface area (Å²) in [6, 6.07) is 13.7. The maximum atomic E-state index is 9.03. The minimum Gasteiger partial charge on any atom is -0.369 e. The molecule has 98 valence electrons. The Kier molecular flexibility index (Phi) is 2.69. The molecule has 0 aliphatic carbocycles. The smallest absolute Gasteiger partial charge is 0.205 e. The second-order valence-electron chi connectivity index (χ2n) is 4.89. The maximum Gasteiger partial charge on any atom is 0.205 e. The van der Waals surface area contributed by atoms with Gasteiger partial charge in [-0.1, -0.05) is 6.07 Å². The number of nitrogens with two attached hydrogens (primary N) is 1. The molecule has 2 aromatic carbocycles. The van der Waals surface area contributed by atoms with Gasteiger partial charge in [-0.25, -0.2) is 4.98 Å². The van der Waals surface area contributed by atoms with Crippen molar-refractivity contribution in [1.82, 2.24) is 9.55 Å². The summed E-state index contributed by atoms with van der Waals surface area (Å²) < 4.78 is 1.88. The molecule has 0 saturated heterocycles. The van der Waals surface area contributed by atoms with Gasteiger partial charge in [0.15, 0.2) is 0 Å². The predicted octanol–water partition coefficient (Wildman–Crippen LogP) is 3.10. The van der Waals surface area contributed by atoms with Gasteiger partial charge < -0.3 is 5.73 Å². The number of fused-ring (bicyclic) bond motifs is 1. The first-order valence-electron chi connectivity index (χ1n) is 6.36. The van der Waals surface area contributed by atoms with Crippen molar-refractivity contribution in [3.05, 3.63) is 53.1 Å². The Morgan fingerprint density at radius 1 is 1.10 bits per heavy atom. The number of hydrogen-bond donors (Lipinski definition) is 1. The average Bonchev–Trinajstić information content (AvgIpc) is 2.77. The van der Waals surface area contributed by atoms with E-state index < -0.39 is 0 Å². The Morgan fingerprint density at radius 3 is 2.60 bits per heavy atom. The second-order valence-corrected chi connectivity index (χ2v) is 4.89. The van der Waals surface area contributed by atoms with E-state index in [0.717, 1.165) is 16.7 Å². The van der Waals surface area contributed by atoms with Crippen LogP contribution >= 0.6 is 0 Å². The zero-order valence-electron chi connectivity index (χ0n) is 11.4.